The molecule has 6 heteroatoms. The Morgan fingerprint density at radius 3 is 2.46 bits per heavy atom. The molecule has 128 valence electrons. The Morgan fingerprint density at radius 1 is 1.21 bits per heavy atom. The van der Waals surface area contributed by atoms with Gasteiger partial charge < -0.3 is 10.6 Å². The second-order valence-corrected chi connectivity index (χ2v) is 6.74. The first kappa shape index (κ1) is 16.5. The lowest BCUT2D eigenvalue weighted by Gasteiger charge is -2.20. The maximum absolute atomic E-state index is 12.5. The summed E-state index contributed by atoms with van der Waals surface area (Å²) in [4.78, 5) is 38.0. The third kappa shape index (κ3) is 2.88. The summed E-state index contributed by atoms with van der Waals surface area (Å²) in [5.41, 5.74) is 2.07. The highest BCUT2D eigenvalue weighted by Crippen LogP contribution is 2.35. The summed E-state index contributed by atoms with van der Waals surface area (Å²) in [6.07, 6.45) is 3.40. The number of hydrogen-bond acceptors (Lipinski definition) is 3. The molecule has 4 amide bonds. The first-order valence-corrected chi connectivity index (χ1v) is 8.43. The molecule has 1 heterocycles. The van der Waals surface area contributed by atoms with Crippen LogP contribution in [-0.2, 0) is 9.59 Å². The number of anilines is 1. The zero-order valence-corrected chi connectivity index (χ0v) is 14.1. The lowest BCUT2D eigenvalue weighted by atomic mass is 9.98. The summed E-state index contributed by atoms with van der Waals surface area (Å²) in [5, 5.41) is 5.71. The molecule has 3 rings (SSSR count). The van der Waals surface area contributed by atoms with Gasteiger partial charge in [-0.15, -0.1) is 0 Å². The number of benzene rings is 1. The van der Waals surface area contributed by atoms with E-state index < -0.39 is 5.54 Å². The summed E-state index contributed by atoms with van der Waals surface area (Å²) in [7, 11) is 0. The zero-order chi connectivity index (χ0) is 17.3. The molecule has 1 saturated heterocycles. The van der Waals surface area contributed by atoms with E-state index in [1.165, 1.54) is 4.90 Å². The first-order chi connectivity index (χ1) is 11.4. The fourth-order valence-corrected chi connectivity index (χ4v) is 3.62. The summed E-state index contributed by atoms with van der Waals surface area (Å²) in [6.45, 7) is 3.98. The van der Waals surface area contributed by atoms with Gasteiger partial charge in [0.25, 0.3) is 5.91 Å². The molecule has 2 aliphatic rings. The van der Waals surface area contributed by atoms with Crippen LogP contribution in [0.3, 0.4) is 0 Å². The maximum Gasteiger partial charge on any atom is 0.325 e. The Hall–Kier alpha value is -2.37. The molecule has 1 aromatic carbocycles. The number of aryl methyl sites for hydroxylation is 2. The van der Waals surface area contributed by atoms with Gasteiger partial charge in [0.15, 0.2) is 0 Å². The molecule has 0 bridgehead atoms. The van der Waals surface area contributed by atoms with Crippen molar-refractivity contribution < 1.29 is 14.4 Å². The Kier molecular flexibility index (Phi) is 4.30. The standard InChI is InChI=1S/C18H23N3O3/c1-12-6-5-7-13(2)15(12)19-14(22)8-11-21-16(23)18(20-17(21)24)9-3-4-10-18/h5-7H,3-4,8-11H2,1-2H3,(H,19,22)(H,20,24). The highest BCUT2D eigenvalue weighted by Gasteiger charge is 2.52. The predicted molar refractivity (Wildman–Crippen MR) is 90.6 cm³/mol. The van der Waals surface area contributed by atoms with Crippen molar-refractivity contribution in [2.45, 2.75) is 51.5 Å². The van der Waals surface area contributed by atoms with Crippen LogP contribution >= 0.6 is 0 Å². The van der Waals surface area contributed by atoms with Gasteiger partial charge in [0.1, 0.15) is 5.54 Å². The third-order valence-corrected chi connectivity index (χ3v) is 5.01. The van der Waals surface area contributed by atoms with Gasteiger partial charge in [-0.1, -0.05) is 31.0 Å². The number of imide groups is 1. The number of hydrogen-bond donors (Lipinski definition) is 2. The highest BCUT2D eigenvalue weighted by molar-refractivity contribution is 6.07. The van der Waals surface area contributed by atoms with Crippen LogP contribution in [0, 0.1) is 13.8 Å². The van der Waals surface area contributed by atoms with Crippen LogP contribution in [0.1, 0.15) is 43.2 Å². The molecule has 2 N–H and O–H groups in total. The van der Waals surface area contributed by atoms with Gasteiger partial charge in [-0.3, -0.25) is 14.5 Å². The van der Waals surface area contributed by atoms with Crippen LogP contribution in [0.2, 0.25) is 0 Å². The molecule has 6 nitrogen and oxygen atoms in total. The Balaban J connectivity index is 1.60. The summed E-state index contributed by atoms with van der Waals surface area (Å²) >= 11 is 0. The number of carbonyl (C=O) groups excluding carboxylic acids is 3. The maximum atomic E-state index is 12.5. The molecule has 2 fully saturated rings. The van der Waals surface area contributed by atoms with E-state index in [-0.39, 0.29) is 30.8 Å². The van der Waals surface area contributed by atoms with Gasteiger partial charge in [-0.25, -0.2) is 4.79 Å². The van der Waals surface area contributed by atoms with Crippen LogP contribution in [-0.4, -0.2) is 34.8 Å². The van der Waals surface area contributed by atoms with Crippen LogP contribution in [0.15, 0.2) is 18.2 Å². The molecule has 0 atom stereocenters. The zero-order valence-electron chi connectivity index (χ0n) is 14.1. The van der Waals surface area contributed by atoms with E-state index in [2.05, 4.69) is 10.6 Å². The van der Waals surface area contributed by atoms with Crippen molar-refractivity contribution in [2.24, 2.45) is 0 Å². The fraction of sp³-hybridized carbons (Fsp3) is 0.500. The molecule has 1 aliphatic carbocycles. The second-order valence-electron chi connectivity index (χ2n) is 6.74. The van der Waals surface area contributed by atoms with Crippen molar-refractivity contribution in [1.82, 2.24) is 10.2 Å². The number of nitrogens with zero attached hydrogens (tertiary/aromatic N) is 1. The van der Waals surface area contributed by atoms with Gasteiger partial charge in [0.2, 0.25) is 5.91 Å². The quantitative estimate of drug-likeness (QED) is 0.833. The minimum Gasteiger partial charge on any atom is -0.326 e. The summed E-state index contributed by atoms with van der Waals surface area (Å²) in [5.74, 6) is -0.370. The van der Waals surface area contributed by atoms with Crippen molar-refractivity contribution in [1.29, 1.82) is 0 Å². The third-order valence-electron chi connectivity index (χ3n) is 5.01. The van der Waals surface area contributed by atoms with E-state index in [1.54, 1.807) is 0 Å². The molecule has 0 aromatic heterocycles. The smallest absolute Gasteiger partial charge is 0.325 e. The lowest BCUT2D eigenvalue weighted by molar-refractivity contribution is -0.131. The SMILES string of the molecule is Cc1cccc(C)c1NC(=O)CCN1C(=O)NC2(CCCC2)C1=O. The fourth-order valence-electron chi connectivity index (χ4n) is 3.62. The molecule has 0 radical (unpaired) electrons. The Morgan fingerprint density at radius 2 is 1.83 bits per heavy atom. The number of para-hydroxylation sites is 1. The number of amides is 4. The predicted octanol–water partition coefficient (Wildman–Crippen LogP) is 2.50. The minimum atomic E-state index is -0.708. The van der Waals surface area contributed by atoms with E-state index >= 15 is 0 Å². The lowest BCUT2D eigenvalue weighted by Crippen LogP contribution is -2.44. The van der Waals surface area contributed by atoms with E-state index in [9.17, 15) is 14.4 Å². The molecule has 1 saturated carbocycles. The van der Waals surface area contributed by atoms with Gasteiger partial charge in [-0.2, -0.15) is 0 Å². The van der Waals surface area contributed by atoms with Crippen molar-refractivity contribution in [3.63, 3.8) is 0 Å². The van der Waals surface area contributed by atoms with Gasteiger partial charge in [0.05, 0.1) is 0 Å². The van der Waals surface area contributed by atoms with Crippen LogP contribution in [0.4, 0.5) is 10.5 Å². The van der Waals surface area contributed by atoms with Crippen molar-refractivity contribution in [3.05, 3.63) is 29.3 Å². The van der Waals surface area contributed by atoms with Crippen LogP contribution < -0.4 is 10.6 Å². The van der Waals surface area contributed by atoms with E-state index in [4.69, 9.17) is 0 Å². The molecular weight excluding hydrogens is 306 g/mol. The molecule has 1 aliphatic heterocycles. The van der Waals surface area contributed by atoms with Gasteiger partial charge in [-0.05, 0) is 37.8 Å². The van der Waals surface area contributed by atoms with E-state index in [0.717, 1.165) is 29.7 Å². The average molecular weight is 329 g/mol. The number of carbonyl (C=O) groups is 3. The molecule has 1 aromatic rings. The highest BCUT2D eigenvalue weighted by atomic mass is 16.2. The van der Waals surface area contributed by atoms with Crippen molar-refractivity contribution >= 4 is 23.5 Å². The number of urea groups is 1. The molecular formula is C18H23N3O3. The molecule has 1 spiro atoms. The Labute approximate surface area is 141 Å². The largest absolute Gasteiger partial charge is 0.326 e. The van der Waals surface area contributed by atoms with Crippen molar-refractivity contribution in [3.8, 4) is 0 Å². The summed E-state index contributed by atoms with van der Waals surface area (Å²) in [6, 6.07) is 5.43. The Bertz CT molecular complexity index is 672. The molecule has 0 unspecified atom stereocenters. The summed E-state index contributed by atoms with van der Waals surface area (Å²) < 4.78 is 0. The minimum absolute atomic E-state index is 0.100. The van der Waals surface area contributed by atoms with Gasteiger partial charge in [0, 0.05) is 18.7 Å². The number of nitrogens with one attached hydrogen (secondary N) is 2. The normalized spacial score (nSPS) is 19.0. The molecule has 24 heavy (non-hydrogen) atoms. The van der Waals surface area contributed by atoms with Gasteiger partial charge >= 0.3 is 6.03 Å². The van der Waals surface area contributed by atoms with Crippen molar-refractivity contribution in [2.75, 3.05) is 11.9 Å². The second kappa shape index (κ2) is 6.26. The van der Waals surface area contributed by atoms with Crippen LogP contribution in [0.5, 0.6) is 0 Å². The van der Waals surface area contributed by atoms with Crippen LogP contribution in [0.25, 0.3) is 0 Å². The van der Waals surface area contributed by atoms with E-state index in [1.807, 2.05) is 32.0 Å². The topological polar surface area (TPSA) is 78.5 Å². The number of rotatable bonds is 4. The van der Waals surface area contributed by atoms with E-state index in [0.29, 0.717) is 12.8 Å². The monoisotopic (exact) mass is 329 g/mol. The first-order valence-electron chi connectivity index (χ1n) is 8.43. The average Bonchev–Trinajstić information content (AvgIpc) is 3.08.